The summed E-state index contributed by atoms with van der Waals surface area (Å²) < 4.78 is 4.95. The van der Waals surface area contributed by atoms with Crippen molar-refractivity contribution in [2.24, 2.45) is 5.10 Å². The molecule has 0 atom stereocenters. The molecular weight excluding hydrogens is 248 g/mol. The highest BCUT2D eigenvalue weighted by Crippen LogP contribution is 2.21. The SMILES string of the molecule is COCCC1=NN(c2ccc(C(=O)O)cc2)C(=O)C1. The second-order valence-electron chi connectivity index (χ2n) is 4.14. The predicted octanol–water partition coefficient (Wildman–Crippen LogP) is 1.51. The number of amides is 1. The van der Waals surface area contributed by atoms with Crippen molar-refractivity contribution in [3.8, 4) is 0 Å². The van der Waals surface area contributed by atoms with Crippen LogP contribution in [0.5, 0.6) is 0 Å². The molecule has 1 N–H and O–H groups in total. The maximum absolute atomic E-state index is 11.8. The maximum atomic E-state index is 11.8. The van der Waals surface area contributed by atoms with Gasteiger partial charge in [-0.1, -0.05) is 0 Å². The Bertz CT molecular complexity index is 522. The Morgan fingerprint density at radius 2 is 2.11 bits per heavy atom. The molecule has 1 aromatic rings. The van der Waals surface area contributed by atoms with Crippen LogP contribution in [0.25, 0.3) is 0 Å². The summed E-state index contributed by atoms with van der Waals surface area (Å²) >= 11 is 0. The number of benzene rings is 1. The molecule has 0 radical (unpaired) electrons. The fourth-order valence-corrected chi connectivity index (χ4v) is 1.79. The van der Waals surface area contributed by atoms with Crippen LogP contribution in [0.2, 0.25) is 0 Å². The Morgan fingerprint density at radius 1 is 1.42 bits per heavy atom. The van der Waals surface area contributed by atoms with Crippen molar-refractivity contribution in [1.29, 1.82) is 0 Å². The first kappa shape index (κ1) is 13.2. The van der Waals surface area contributed by atoms with Crippen molar-refractivity contribution in [3.05, 3.63) is 29.8 Å². The summed E-state index contributed by atoms with van der Waals surface area (Å²) in [4.78, 5) is 22.6. The van der Waals surface area contributed by atoms with E-state index in [1.165, 1.54) is 17.1 Å². The van der Waals surface area contributed by atoms with E-state index in [4.69, 9.17) is 9.84 Å². The van der Waals surface area contributed by atoms with E-state index in [2.05, 4.69) is 5.10 Å². The smallest absolute Gasteiger partial charge is 0.335 e. The molecule has 0 bridgehead atoms. The van der Waals surface area contributed by atoms with Gasteiger partial charge in [-0.2, -0.15) is 5.10 Å². The second kappa shape index (κ2) is 5.62. The normalized spacial score (nSPS) is 14.7. The summed E-state index contributed by atoms with van der Waals surface area (Å²) in [7, 11) is 1.60. The molecule has 1 aliphatic rings. The summed E-state index contributed by atoms with van der Waals surface area (Å²) in [6, 6.07) is 6.05. The minimum atomic E-state index is -0.997. The number of hydrogen-bond donors (Lipinski definition) is 1. The Balaban J connectivity index is 2.14. The molecule has 2 rings (SSSR count). The van der Waals surface area contributed by atoms with Crippen LogP contribution in [0.1, 0.15) is 23.2 Å². The van der Waals surface area contributed by atoms with E-state index in [1.54, 1.807) is 19.2 Å². The van der Waals surface area contributed by atoms with Gasteiger partial charge in [0.25, 0.3) is 5.91 Å². The van der Waals surface area contributed by atoms with Gasteiger partial charge in [0.15, 0.2) is 0 Å². The minimum Gasteiger partial charge on any atom is -0.478 e. The number of hydrogen-bond acceptors (Lipinski definition) is 4. The maximum Gasteiger partial charge on any atom is 0.335 e. The molecule has 0 fully saturated rings. The summed E-state index contributed by atoms with van der Waals surface area (Å²) in [6.07, 6.45) is 0.899. The topological polar surface area (TPSA) is 79.2 Å². The van der Waals surface area contributed by atoms with E-state index in [9.17, 15) is 9.59 Å². The number of methoxy groups -OCH3 is 1. The average Bonchev–Trinajstić information content (AvgIpc) is 2.77. The molecule has 6 nitrogen and oxygen atoms in total. The number of carbonyl (C=O) groups is 2. The largest absolute Gasteiger partial charge is 0.478 e. The van der Waals surface area contributed by atoms with E-state index in [0.717, 1.165) is 5.71 Å². The zero-order valence-corrected chi connectivity index (χ0v) is 10.5. The van der Waals surface area contributed by atoms with E-state index >= 15 is 0 Å². The first-order chi connectivity index (χ1) is 9.11. The summed E-state index contributed by atoms with van der Waals surface area (Å²) in [5.74, 6) is -1.11. The molecule has 0 aromatic heterocycles. The highest BCUT2D eigenvalue weighted by molar-refractivity contribution is 6.13. The molecule has 0 spiro atoms. The van der Waals surface area contributed by atoms with Crippen LogP contribution in [0.3, 0.4) is 0 Å². The third-order valence-electron chi connectivity index (χ3n) is 2.79. The first-order valence-corrected chi connectivity index (χ1v) is 5.83. The van der Waals surface area contributed by atoms with Gasteiger partial charge in [-0.25, -0.2) is 9.80 Å². The van der Waals surface area contributed by atoms with Gasteiger partial charge in [-0.3, -0.25) is 4.79 Å². The Morgan fingerprint density at radius 3 is 2.68 bits per heavy atom. The lowest BCUT2D eigenvalue weighted by Crippen LogP contribution is -2.19. The molecule has 0 saturated heterocycles. The summed E-state index contributed by atoms with van der Waals surface area (Å²) in [6.45, 7) is 0.526. The molecule has 19 heavy (non-hydrogen) atoms. The van der Waals surface area contributed by atoms with E-state index in [0.29, 0.717) is 18.7 Å². The van der Waals surface area contributed by atoms with E-state index in [1.807, 2.05) is 0 Å². The molecule has 1 heterocycles. The molecule has 1 aliphatic heterocycles. The summed E-state index contributed by atoms with van der Waals surface area (Å²) in [5, 5.41) is 14.3. The van der Waals surface area contributed by atoms with Gasteiger partial charge in [0.05, 0.1) is 30.0 Å². The average molecular weight is 262 g/mol. The number of nitrogens with zero attached hydrogens (tertiary/aromatic N) is 2. The highest BCUT2D eigenvalue weighted by atomic mass is 16.5. The van der Waals surface area contributed by atoms with Crippen LogP contribution in [-0.2, 0) is 9.53 Å². The number of carboxylic acid groups (broad SMARTS) is 1. The summed E-state index contributed by atoms with van der Waals surface area (Å²) in [5.41, 5.74) is 1.52. The Kier molecular flexibility index (Phi) is 3.91. The van der Waals surface area contributed by atoms with Crippen molar-refractivity contribution in [2.45, 2.75) is 12.8 Å². The van der Waals surface area contributed by atoms with Gasteiger partial charge < -0.3 is 9.84 Å². The monoisotopic (exact) mass is 262 g/mol. The molecule has 6 heteroatoms. The van der Waals surface area contributed by atoms with Gasteiger partial charge in [-0.05, 0) is 24.3 Å². The van der Waals surface area contributed by atoms with Gasteiger partial charge in [0, 0.05) is 13.5 Å². The first-order valence-electron chi connectivity index (χ1n) is 5.83. The zero-order valence-electron chi connectivity index (χ0n) is 10.5. The lowest BCUT2D eigenvalue weighted by Gasteiger charge is -2.11. The predicted molar refractivity (Wildman–Crippen MR) is 69.4 cm³/mol. The third kappa shape index (κ3) is 2.97. The molecule has 100 valence electrons. The number of hydrazone groups is 1. The Labute approximate surface area is 110 Å². The molecule has 0 saturated carbocycles. The second-order valence-corrected chi connectivity index (χ2v) is 4.14. The quantitative estimate of drug-likeness (QED) is 0.872. The van der Waals surface area contributed by atoms with Crippen LogP contribution < -0.4 is 5.01 Å². The van der Waals surface area contributed by atoms with Crippen molar-refractivity contribution in [1.82, 2.24) is 0 Å². The number of carbonyl (C=O) groups excluding carboxylic acids is 1. The lowest BCUT2D eigenvalue weighted by molar-refractivity contribution is -0.116. The van der Waals surface area contributed by atoms with Gasteiger partial charge >= 0.3 is 5.97 Å². The highest BCUT2D eigenvalue weighted by Gasteiger charge is 2.24. The van der Waals surface area contributed by atoms with Crippen LogP contribution in [0.15, 0.2) is 29.4 Å². The van der Waals surface area contributed by atoms with Crippen LogP contribution in [0.4, 0.5) is 5.69 Å². The fourth-order valence-electron chi connectivity index (χ4n) is 1.79. The fraction of sp³-hybridized carbons (Fsp3) is 0.308. The molecule has 0 aliphatic carbocycles. The number of ether oxygens (including phenoxy) is 1. The van der Waals surface area contributed by atoms with Crippen LogP contribution in [-0.4, -0.2) is 36.4 Å². The van der Waals surface area contributed by atoms with E-state index in [-0.39, 0.29) is 17.9 Å². The van der Waals surface area contributed by atoms with Crippen molar-refractivity contribution < 1.29 is 19.4 Å². The van der Waals surface area contributed by atoms with Crippen molar-refractivity contribution in [2.75, 3.05) is 18.7 Å². The van der Waals surface area contributed by atoms with Gasteiger partial charge in [0.1, 0.15) is 0 Å². The number of anilines is 1. The number of rotatable bonds is 5. The lowest BCUT2D eigenvalue weighted by atomic mass is 10.2. The molecule has 1 amide bonds. The van der Waals surface area contributed by atoms with Crippen LogP contribution in [0, 0.1) is 0 Å². The van der Waals surface area contributed by atoms with Crippen molar-refractivity contribution in [3.63, 3.8) is 0 Å². The zero-order chi connectivity index (χ0) is 13.8. The van der Waals surface area contributed by atoms with Gasteiger partial charge in [0.2, 0.25) is 0 Å². The molecular formula is C13H14N2O4. The van der Waals surface area contributed by atoms with Gasteiger partial charge in [-0.15, -0.1) is 0 Å². The molecule has 1 aromatic carbocycles. The minimum absolute atomic E-state index is 0.117. The van der Waals surface area contributed by atoms with Crippen molar-refractivity contribution >= 4 is 23.3 Å². The standard InChI is InChI=1S/C13H14N2O4/c1-19-7-6-10-8-12(16)15(14-10)11-4-2-9(3-5-11)13(17)18/h2-5H,6-8H2,1H3,(H,17,18). The van der Waals surface area contributed by atoms with E-state index < -0.39 is 5.97 Å². The molecule has 0 unspecified atom stereocenters. The third-order valence-corrected chi connectivity index (χ3v) is 2.79. The van der Waals surface area contributed by atoms with Crippen LogP contribution >= 0.6 is 0 Å². The number of aromatic carboxylic acids is 1. The number of carboxylic acids is 1. The Hall–Kier alpha value is -2.21.